The Morgan fingerprint density at radius 2 is 2.25 bits per heavy atom. The Bertz CT molecular complexity index is 776. The molecule has 0 radical (unpaired) electrons. The van der Waals surface area contributed by atoms with Crippen LogP contribution >= 0.6 is 11.3 Å². The summed E-state index contributed by atoms with van der Waals surface area (Å²) in [6.07, 6.45) is 3.48. The van der Waals surface area contributed by atoms with Gasteiger partial charge in [0.2, 0.25) is 0 Å². The van der Waals surface area contributed by atoms with Gasteiger partial charge in [-0.1, -0.05) is 11.2 Å². The normalized spacial score (nSPS) is 11.9. The minimum Gasteiger partial charge on any atom is -0.360 e. The quantitative estimate of drug-likeness (QED) is 0.684. The third-order valence-corrected chi connectivity index (χ3v) is 4.22. The molecular weight excluding hydrogens is 330 g/mol. The Kier molecular flexibility index (Phi) is 4.71. The SMILES string of the molecule is Cc1cc(NC(=O)C(=O)NCC(c2cccs2)n2cccn2)no1. The van der Waals surface area contributed by atoms with E-state index in [-0.39, 0.29) is 18.4 Å². The molecule has 2 amide bonds. The van der Waals surface area contributed by atoms with Gasteiger partial charge in [-0.25, -0.2) is 0 Å². The average molecular weight is 345 g/mol. The van der Waals surface area contributed by atoms with E-state index in [1.54, 1.807) is 29.1 Å². The zero-order chi connectivity index (χ0) is 16.9. The molecule has 124 valence electrons. The predicted octanol–water partition coefficient (Wildman–Crippen LogP) is 1.59. The fourth-order valence-corrected chi connectivity index (χ4v) is 2.96. The van der Waals surface area contributed by atoms with E-state index >= 15 is 0 Å². The van der Waals surface area contributed by atoms with Crippen LogP contribution in [-0.2, 0) is 9.59 Å². The highest BCUT2D eigenvalue weighted by atomic mass is 32.1. The number of nitrogens with zero attached hydrogens (tertiary/aromatic N) is 3. The first kappa shape index (κ1) is 15.9. The smallest absolute Gasteiger partial charge is 0.314 e. The second-order valence-corrected chi connectivity index (χ2v) is 5.98. The molecule has 0 aliphatic carbocycles. The summed E-state index contributed by atoms with van der Waals surface area (Å²) >= 11 is 1.56. The molecule has 0 spiro atoms. The summed E-state index contributed by atoms with van der Waals surface area (Å²) in [5, 5.41) is 14.8. The number of hydrogen-bond acceptors (Lipinski definition) is 6. The van der Waals surface area contributed by atoms with Crippen LogP contribution in [0.2, 0.25) is 0 Å². The molecule has 1 atom stereocenters. The van der Waals surface area contributed by atoms with E-state index in [1.807, 2.05) is 29.8 Å². The summed E-state index contributed by atoms with van der Waals surface area (Å²) in [7, 11) is 0. The summed E-state index contributed by atoms with van der Waals surface area (Å²) in [6.45, 7) is 1.94. The van der Waals surface area contributed by atoms with E-state index < -0.39 is 11.8 Å². The second kappa shape index (κ2) is 7.09. The molecule has 9 heteroatoms. The fraction of sp³-hybridized carbons (Fsp3) is 0.200. The Balaban J connectivity index is 1.62. The van der Waals surface area contributed by atoms with Crippen LogP contribution < -0.4 is 10.6 Å². The minimum atomic E-state index is -0.798. The third-order valence-electron chi connectivity index (χ3n) is 3.25. The summed E-state index contributed by atoms with van der Waals surface area (Å²) in [5.74, 6) is -0.797. The summed E-state index contributed by atoms with van der Waals surface area (Å²) < 4.78 is 6.58. The lowest BCUT2D eigenvalue weighted by atomic mass is 10.2. The lowest BCUT2D eigenvalue weighted by molar-refractivity contribution is -0.136. The Morgan fingerprint density at radius 1 is 1.38 bits per heavy atom. The molecule has 1 unspecified atom stereocenters. The van der Waals surface area contributed by atoms with Gasteiger partial charge >= 0.3 is 11.8 Å². The number of aryl methyl sites for hydroxylation is 1. The number of carbonyl (C=O) groups is 2. The van der Waals surface area contributed by atoms with Crippen molar-refractivity contribution in [2.24, 2.45) is 0 Å². The molecular formula is C15H15N5O3S. The zero-order valence-electron chi connectivity index (χ0n) is 12.8. The molecule has 8 nitrogen and oxygen atoms in total. The molecule has 24 heavy (non-hydrogen) atoms. The van der Waals surface area contributed by atoms with E-state index in [2.05, 4.69) is 20.9 Å². The van der Waals surface area contributed by atoms with Gasteiger partial charge in [-0.05, 0) is 24.4 Å². The van der Waals surface area contributed by atoms with E-state index in [0.29, 0.717) is 5.76 Å². The number of thiophene rings is 1. The van der Waals surface area contributed by atoms with Crippen LogP contribution in [0.3, 0.4) is 0 Å². The van der Waals surface area contributed by atoms with Crippen molar-refractivity contribution in [3.05, 3.63) is 52.7 Å². The lowest BCUT2D eigenvalue weighted by Gasteiger charge is -2.16. The summed E-state index contributed by atoms with van der Waals surface area (Å²) in [4.78, 5) is 24.9. The number of rotatable bonds is 5. The first-order valence-electron chi connectivity index (χ1n) is 7.18. The van der Waals surface area contributed by atoms with Gasteiger partial charge in [-0.15, -0.1) is 11.3 Å². The van der Waals surface area contributed by atoms with Crippen LogP contribution in [-0.4, -0.2) is 33.3 Å². The maximum Gasteiger partial charge on any atom is 0.314 e. The van der Waals surface area contributed by atoms with E-state index in [1.165, 1.54) is 6.07 Å². The Hall–Kier alpha value is -2.94. The molecule has 0 aliphatic rings. The van der Waals surface area contributed by atoms with Gasteiger partial charge in [0.25, 0.3) is 0 Å². The molecule has 0 saturated heterocycles. The Labute approximate surface area is 141 Å². The van der Waals surface area contributed by atoms with Gasteiger partial charge in [0.15, 0.2) is 5.82 Å². The van der Waals surface area contributed by atoms with Crippen molar-refractivity contribution in [3.8, 4) is 0 Å². The molecule has 3 heterocycles. The fourth-order valence-electron chi connectivity index (χ4n) is 2.14. The molecule has 0 fully saturated rings. The predicted molar refractivity (Wildman–Crippen MR) is 87.6 cm³/mol. The average Bonchev–Trinajstić information content (AvgIpc) is 3.30. The number of hydrogen-bond donors (Lipinski definition) is 2. The number of aromatic nitrogens is 3. The van der Waals surface area contributed by atoms with E-state index in [9.17, 15) is 9.59 Å². The van der Waals surface area contributed by atoms with Crippen LogP contribution in [0.1, 0.15) is 16.7 Å². The highest BCUT2D eigenvalue weighted by Gasteiger charge is 2.20. The van der Waals surface area contributed by atoms with E-state index in [0.717, 1.165) is 4.88 Å². The van der Waals surface area contributed by atoms with Crippen molar-refractivity contribution in [2.75, 3.05) is 11.9 Å². The largest absolute Gasteiger partial charge is 0.360 e. The van der Waals surface area contributed by atoms with E-state index in [4.69, 9.17) is 4.52 Å². The van der Waals surface area contributed by atoms with Gasteiger partial charge in [0.1, 0.15) is 11.8 Å². The highest BCUT2D eigenvalue weighted by molar-refractivity contribution is 7.10. The van der Waals surface area contributed by atoms with Crippen molar-refractivity contribution >= 4 is 29.0 Å². The molecule has 0 bridgehead atoms. The Morgan fingerprint density at radius 3 is 2.88 bits per heavy atom. The van der Waals surface area contributed by atoms with Crippen LogP contribution in [0, 0.1) is 6.92 Å². The summed E-state index contributed by atoms with van der Waals surface area (Å²) in [6, 6.07) is 7.05. The van der Waals surface area contributed by atoms with Gasteiger partial charge in [-0.2, -0.15) is 5.10 Å². The first-order valence-corrected chi connectivity index (χ1v) is 8.06. The van der Waals surface area contributed by atoms with Gasteiger partial charge < -0.3 is 9.84 Å². The minimum absolute atomic E-state index is 0.175. The monoisotopic (exact) mass is 345 g/mol. The van der Waals surface area contributed by atoms with Crippen LogP contribution in [0.15, 0.2) is 46.6 Å². The number of carbonyl (C=O) groups excluding carboxylic acids is 2. The molecule has 3 aromatic heterocycles. The lowest BCUT2D eigenvalue weighted by Crippen LogP contribution is -2.38. The molecule has 0 saturated carbocycles. The molecule has 0 aliphatic heterocycles. The van der Waals surface area contributed by atoms with Gasteiger partial charge in [-0.3, -0.25) is 19.6 Å². The van der Waals surface area contributed by atoms with Crippen molar-refractivity contribution in [3.63, 3.8) is 0 Å². The number of nitrogens with one attached hydrogen (secondary N) is 2. The number of amides is 2. The second-order valence-electron chi connectivity index (χ2n) is 5.00. The molecule has 2 N–H and O–H groups in total. The van der Waals surface area contributed by atoms with Crippen molar-refractivity contribution in [1.82, 2.24) is 20.3 Å². The molecule has 3 aromatic rings. The molecule has 0 aromatic carbocycles. The van der Waals surface area contributed by atoms with Gasteiger partial charge in [0.05, 0.1) is 0 Å². The maximum atomic E-state index is 12.0. The van der Waals surface area contributed by atoms with Crippen molar-refractivity contribution < 1.29 is 14.1 Å². The molecule has 3 rings (SSSR count). The standard InChI is InChI=1S/C15H15N5O3S/c1-10-8-13(19-23-10)18-15(22)14(21)16-9-11(12-4-2-7-24-12)20-6-3-5-17-20/h2-8,11H,9H2,1H3,(H,16,21)(H,18,19,22). The third kappa shape index (κ3) is 3.69. The first-order chi connectivity index (χ1) is 11.6. The van der Waals surface area contributed by atoms with Crippen LogP contribution in [0.5, 0.6) is 0 Å². The van der Waals surface area contributed by atoms with Gasteiger partial charge in [0, 0.05) is 29.9 Å². The number of anilines is 1. The van der Waals surface area contributed by atoms with Crippen molar-refractivity contribution in [2.45, 2.75) is 13.0 Å². The highest BCUT2D eigenvalue weighted by Crippen LogP contribution is 2.21. The topological polar surface area (TPSA) is 102 Å². The van der Waals surface area contributed by atoms with Crippen molar-refractivity contribution in [1.29, 1.82) is 0 Å². The van der Waals surface area contributed by atoms with Crippen LogP contribution in [0.4, 0.5) is 5.82 Å². The maximum absolute atomic E-state index is 12.0. The van der Waals surface area contributed by atoms with Crippen LogP contribution in [0.25, 0.3) is 0 Å². The zero-order valence-corrected chi connectivity index (χ0v) is 13.6. The summed E-state index contributed by atoms with van der Waals surface area (Å²) in [5.41, 5.74) is 0.